The summed E-state index contributed by atoms with van der Waals surface area (Å²) in [5, 5.41) is 8.74. The second kappa shape index (κ2) is 10.5. The van der Waals surface area contributed by atoms with E-state index >= 15 is 0 Å². The summed E-state index contributed by atoms with van der Waals surface area (Å²) in [6.07, 6.45) is 21.6. The molecule has 0 fully saturated rings. The number of carboxylic acid groups (broad SMARTS) is 1. The molecule has 0 saturated carbocycles. The number of allylic oxidation sites excluding steroid dienone is 6. The van der Waals surface area contributed by atoms with Gasteiger partial charge in [-0.2, -0.15) is 0 Å². The maximum atomic E-state index is 10.6. The third kappa shape index (κ3) is 7.32. The molecular formula is C18H28O2. The fraction of sp³-hybridized carbons (Fsp3) is 0.611. The topological polar surface area (TPSA) is 37.3 Å². The molecule has 1 rings (SSSR count). The zero-order chi connectivity index (χ0) is 14.6. The maximum absolute atomic E-state index is 10.6. The number of carboxylic acids is 1. The third-order valence-corrected chi connectivity index (χ3v) is 3.77. The molecule has 0 radical (unpaired) electrons. The van der Waals surface area contributed by atoms with Crippen LogP contribution in [0, 0.1) is 11.8 Å². The van der Waals surface area contributed by atoms with Gasteiger partial charge in [0.2, 0.25) is 0 Å². The molecular weight excluding hydrogens is 248 g/mol. The van der Waals surface area contributed by atoms with Crippen molar-refractivity contribution in [2.24, 2.45) is 11.8 Å². The van der Waals surface area contributed by atoms with Gasteiger partial charge in [-0.15, -0.1) is 0 Å². The quantitative estimate of drug-likeness (QED) is 0.468. The SMILES string of the molecule is CCCCC/C=C/C1C=CCC=CC1CCCC(=O)O. The summed E-state index contributed by atoms with van der Waals surface area (Å²) < 4.78 is 0. The van der Waals surface area contributed by atoms with E-state index in [1.54, 1.807) is 0 Å². The van der Waals surface area contributed by atoms with Gasteiger partial charge in [0.1, 0.15) is 0 Å². The van der Waals surface area contributed by atoms with E-state index in [1.807, 2.05) is 0 Å². The van der Waals surface area contributed by atoms with E-state index < -0.39 is 5.97 Å². The Morgan fingerprint density at radius 1 is 1.25 bits per heavy atom. The first-order valence-corrected chi connectivity index (χ1v) is 7.95. The summed E-state index contributed by atoms with van der Waals surface area (Å²) >= 11 is 0. The molecule has 0 spiro atoms. The zero-order valence-corrected chi connectivity index (χ0v) is 12.6. The molecule has 0 aliphatic heterocycles. The fourth-order valence-corrected chi connectivity index (χ4v) is 2.59. The summed E-state index contributed by atoms with van der Waals surface area (Å²) in [7, 11) is 0. The van der Waals surface area contributed by atoms with Gasteiger partial charge >= 0.3 is 5.97 Å². The van der Waals surface area contributed by atoms with E-state index in [9.17, 15) is 4.79 Å². The Kier molecular flexibility index (Phi) is 8.77. The van der Waals surface area contributed by atoms with E-state index in [0.29, 0.717) is 11.8 Å². The average Bonchev–Trinajstić information content (AvgIpc) is 2.64. The van der Waals surface area contributed by atoms with Gasteiger partial charge in [-0.1, -0.05) is 56.2 Å². The van der Waals surface area contributed by atoms with Crippen molar-refractivity contribution >= 4 is 5.97 Å². The highest BCUT2D eigenvalue weighted by Crippen LogP contribution is 2.26. The summed E-state index contributed by atoms with van der Waals surface area (Å²) in [5.74, 6) is 0.199. The summed E-state index contributed by atoms with van der Waals surface area (Å²) in [5.41, 5.74) is 0. The normalized spacial score (nSPS) is 22.2. The molecule has 0 amide bonds. The number of carbonyl (C=O) groups is 1. The lowest BCUT2D eigenvalue weighted by Gasteiger charge is -2.17. The molecule has 0 heterocycles. The molecule has 0 aromatic heterocycles. The van der Waals surface area contributed by atoms with Crippen molar-refractivity contribution in [1.29, 1.82) is 0 Å². The Morgan fingerprint density at radius 2 is 2.05 bits per heavy atom. The molecule has 2 nitrogen and oxygen atoms in total. The second-order valence-electron chi connectivity index (χ2n) is 5.54. The van der Waals surface area contributed by atoms with Crippen LogP contribution in [0.2, 0.25) is 0 Å². The molecule has 20 heavy (non-hydrogen) atoms. The summed E-state index contributed by atoms with van der Waals surface area (Å²) in [6.45, 7) is 2.22. The van der Waals surface area contributed by atoms with Crippen molar-refractivity contribution < 1.29 is 9.90 Å². The first kappa shape index (κ1) is 16.7. The number of unbranched alkanes of at least 4 members (excludes halogenated alkanes) is 3. The van der Waals surface area contributed by atoms with Crippen molar-refractivity contribution in [2.45, 2.75) is 58.3 Å². The average molecular weight is 276 g/mol. The first-order chi connectivity index (χ1) is 9.74. The van der Waals surface area contributed by atoms with E-state index in [2.05, 4.69) is 43.4 Å². The lowest BCUT2D eigenvalue weighted by atomic mass is 9.87. The molecule has 1 aliphatic rings. The largest absolute Gasteiger partial charge is 0.481 e. The van der Waals surface area contributed by atoms with Gasteiger partial charge in [0.05, 0.1) is 0 Å². The van der Waals surface area contributed by atoms with E-state index in [1.165, 1.54) is 19.3 Å². The highest BCUT2D eigenvalue weighted by molar-refractivity contribution is 5.66. The third-order valence-electron chi connectivity index (χ3n) is 3.77. The van der Waals surface area contributed by atoms with Crippen LogP contribution in [0.5, 0.6) is 0 Å². The van der Waals surface area contributed by atoms with Crippen LogP contribution in [-0.2, 0) is 4.79 Å². The van der Waals surface area contributed by atoms with Crippen LogP contribution in [0.25, 0.3) is 0 Å². The molecule has 112 valence electrons. The van der Waals surface area contributed by atoms with E-state index in [-0.39, 0.29) is 6.42 Å². The van der Waals surface area contributed by atoms with Crippen LogP contribution in [0.4, 0.5) is 0 Å². The lowest BCUT2D eigenvalue weighted by Crippen LogP contribution is -2.08. The Hall–Kier alpha value is -1.31. The van der Waals surface area contributed by atoms with E-state index in [0.717, 1.165) is 25.7 Å². The predicted molar refractivity (Wildman–Crippen MR) is 84.6 cm³/mol. The number of hydrogen-bond acceptors (Lipinski definition) is 1. The van der Waals surface area contributed by atoms with Crippen LogP contribution in [0.15, 0.2) is 36.5 Å². The van der Waals surface area contributed by atoms with Crippen molar-refractivity contribution in [2.75, 3.05) is 0 Å². The van der Waals surface area contributed by atoms with Gasteiger partial charge < -0.3 is 5.11 Å². The summed E-state index contributed by atoms with van der Waals surface area (Å²) in [4.78, 5) is 10.6. The number of hydrogen-bond donors (Lipinski definition) is 1. The maximum Gasteiger partial charge on any atom is 0.303 e. The molecule has 1 N–H and O–H groups in total. The van der Waals surface area contributed by atoms with Gasteiger partial charge in [0.25, 0.3) is 0 Å². The molecule has 2 unspecified atom stereocenters. The van der Waals surface area contributed by atoms with Gasteiger partial charge in [0.15, 0.2) is 0 Å². The molecule has 0 bridgehead atoms. The standard InChI is InChI=1S/C18H28O2/c1-2-3-4-5-7-11-16-12-8-6-9-13-17(16)14-10-15-18(19)20/h7-9,11-13,16-17H,2-6,10,14-15H2,1H3,(H,19,20)/b11-7+. The summed E-state index contributed by atoms with van der Waals surface area (Å²) in [6, 6.07) is 0. The Morgan fingerprint density at radius 3 is 2.80 bits per heavy atom. The smallest absolute Gasteiger partial charge is 0.303 e. The molecule has 0 aromatic rings. The van der Waals surface area contributed by atoms with Crippen molar-refractivity contribution in [3.05, 3.63) is 36.5 Å². The Bertz CT molecular complexity index is 352. The Balaban J connectivity index is 2.45. The molecule has 1 aliphatic carbocycles. The van der Waals surface area contributed by atoms with Crippen molar-refractivity contribution in [3.8, 4) is 0 Å². The number of rotatable bonds is 9. The van der Waals surface area contributed by atoms with Crippen LogP contribution >= 0.6 is 0 Å². The minimum absolute atomic E-state index is 0.279. The number of aliphatic carboxylic acids is 1. The van der Waals surface area contributed by atoms with Gasteiger partial charge in [-0.3, -0.25) is 4.79 Å². The molecule has 2 heteroatoms. The predicted octanol–water partition coefficient (Wildman–Crippen LogP) is 5.13. The monoisotopic (exact) mass is 276 g/mol. The van der Waals surface area contributed by atoms with E-state index in [4.69, 9.17) is 5.11 Å². The van der Waals surface area contributed by atoms with Crippen molar-refractivity contribution in [3.63, 3.8) is 0 Å². The highest BCUT2D eigenvalue weighted by Gasteiger charge is 2.15. The molecule has 2 atom stereocenters. The first-order valence-electron chi connectivity index (χ1n) is 7.95. The Labute approximate surface area is 123 Å². The van der Waals surface area contributed by atoms with Crippen LogP contribution in [-0.4, -0.2) is 11.1 Å². The van der Waals surface area contributed by atoms with Gasteiger partial charge in [0, 0.05) is 12.3 Å². The van der Waals surface area contributed by atoms with Crippen LogP contribution in [0.3, 0.4) is 0 Å². The van der Waals surface area contributed by atoms with Crippen molar-refractivity contribution in [1.82, 2.24) is 0 Å². The van der Waals surface area contributed by atoms with Gasteiger partial charge in [-0.25, -0.2) is 0 Å². The molecule has 0 aromatic carbocycles. The second-order valence-corrected chi connectivity index (χ2v) is 5.54. The fourth-order valence-electron chi connectivity index (χ4n) is 2.59. The highest BCUT2D eigenvalue weighted by atomic mass is 16.4. The minimum Gasteiger partial charge on any atom is -0.481 e. The molecule has 0 saturated heterocycles. The van der Waals surface area contributed by atoms with Crippen LogP contribution < -0.4 is 0 Å². The lowest BCUT2D eigenvalue weighted by molar-refractivity contribution is -0.137. The van der Waals surface area contributed by atoms with Gasteiger partial charge in [-0.05, 0) is 38.0 Å². The minimum atomic E-state index is -0.690. The zero-order valence-electron chi connectivity index (χ0n) is 12.6. The van der Waals surface area contributed by atoms with Crippen LogP contribution in [0.1, 0.15) is 58.3 Å².